The van der Waals surface area contributed by atoms with E-state index >= 15 is 0 Å². The van der Waals surface area contributed by atoms with Gasteiger partial charge in [-0.2, -0.15) is 0 Å². The molecule has 0 spiro atoms. The molecule has 1 aliphatic heterocycles. The Labute approximate surface area is 184 Å². The van der Waals surface area contributed by atoms with Gasteiger partial charge in [-0.05, 0) is 35.4 Å². The topological polar surface area (TPSA) is 65.4 Å². The van der Waals surface area contributed by atoms with Gasteiger partial charge in [0.2, 0.25) is 5.91 Å². The van der Waals surface area contributed by atoms with E-state index in [1.807, 2.05) is 36.0 Å². The zero-order valence-electron chi connectivity index (χ0n) is 16.4. The lowest BCUT2D eigenvalue weighted by atomic mass is 10.0. The van der Waals surface area contributed by atoms with E-state index in [2.05, 4.69) is 10.3 Å². The van der Waals surface area contributed by atoms with Crippen LogP contribution in [0.25, 0.3) is 0 Å². The Kier molecular flexibility index (Phi) is 6.16. The second kappa shape index (κ2) is 8.98. The van der Waals surface area contributed by atoms with Gasteiger partial charge in [0.25, 0.3) is 0 Å². The smallest absolute Gasteiger partial charge is 0.225 e. The van der Waals surface area contributed by atoms with Crippen molar-refractivity contribution in [1.29, 1.82) is 0 Å². The number of hydrogen-bond donors (Lipinski definition) is 1. The molecule has 0 fully saturated rings. The Bertz CT molecular complexity index is 1050. The van der Waals surface area contributed by atoms with Crippen molar-refractivity contribution in [2.24, 2.45) is 7.05 Å². The van der Waals surface area contributed by atoms with Crippen LogP contribution >= 0.6 is 23.2 Å². The molecule has 1 N–H and O–H groups in total. The van der Waals surface area contributed by atoms with Crippen molar-refractivity contribution in [2.45, 2.75) is 18.9 Å². The number of nitrogens with one attached hydrogen (secondary N) is 1. The van der Waals surface area contributed by atoms with Crippen LogP contribution < -0.4 is 14.8 Å². The molecular formula is C22H21Cl2N3O3. The molecule has 3 aromatic rings. The average molecular weight is 446 g/mol. The molecule has 2 heterocycles. The van der Waals surface area contributed by atoms with Crippen molar-refractivity contribution in [2.75, 3.05) is 13.2 Å². The molecule has 30 heavy (non-hydrogen) atoms. The molecule has 6 nitrogen and oxygen atoms in total. The third-order valence-corrected chi connectivity index (χ3v) is 5.38. The van der Waals surface area contributed by atoms with Gasteiger partial charge in [-0.15, -0.1) is 0 Å². The van der Waals surface area contributed by atoms with Gasteiger partial charge >= 0.3 is 0 Å². The molecule has 0 aliphatic carbocycles. The number of amides is 1. The first-order valence-electron chi connectivity index (χ1n) is 9.61. The number of ether oxygens (including phenoxy) is 2. The molecule has 0 saturated heterocycles. The van der Waals surface area contributed by atoms with Gasteiger partial charge in [-0.1, -0.05) is 35.3 Å². The Hall–Kier alpha value is -2.70. The van der Waals surface area contributed by atoms with Crippen LogP contribution in [0.3, 0.4) is 0 Å². The SMILES string of the molecule is Cn1ccnc1[C@@H](NC(=O)Cc1cc(Cl)c2c(c1)OCCCO2)c1ccc(Cl)cc1. The van der Waals surface area contributed by atoms with Crippen LogP contribution in [0.4, 0.5) is 0 Å². The summed E-state index contributed by atoms with van der Waals surface area (Å²) < 4.78 is 13.3. The van der Waals surface area contributed by atoms with E-state index in [-0.39, 0.29) is 12.3 Å². The lowest BCUT2D eigenvalue weighted by Gasteiger charge is -2.19. The highest BCUT2D eigenvalue weighted by molar-refractivity contribution is 6.32. The number of halogens is 2. The fourth-order valence-corrected chi connectivity index (χ4v) is 3.80. The molecule has 8 heteroatoms. The van der Waals surface area contributed by atoms with E-state index in [4.69, 9.17) is 32.7 Å². The maximum Gasteiger partial charge on any atom is 0.225 e. The number of imidazole rings is 1. The summed E-state index contributed by atoms with van der Waals surface area (Å²) in [6, 6.07) is 10.5. The predicted molar refractivity (Wildman–Crippen MR) is 115 cm³/mol. The number of benzene rings is 2. The number of hydrogen-bond acceptors (Lipinski definition) is 4. The number of carbonyl (C=O) groups excluding carboxylic acids is 1. The van der Waals surface area contributed by atoms with E-state index in [0.29, 0.717) is 34.8 Å². The molecule has 1 atom stereocenters. The van der Waals surface area contributed by atoms with Crippen LogP contribution in [0.5, 0.6) is 11.5 Å². The summed E-state index contributed by atoms with van der Waals surface area (Å²) in [5.41, 5.74) is 1.63. The first-order chi connectivity index (χ1) is 14.5. The molecule has 4 rings (SSSR count). The number of aromatic nitrogens is 2. The molecule has 0 unspecified atom stereocenters. The highest BCUT2D eigenvalue weighted by Gasteiger charge is 2.22. The average Bonchev–Trinajstić information content (AvgIpc) is 2.99. The maximum atomic E-state index is 12.9. The third kappa shape index (κ3) is 4.55. The van der Waals surface area contributed by atoms with Gasteiger partial charge in [-0.25, -0.2) is 4.98 Å². The van der Waals surface area contributed by atoms with Crippen molar-refractivity contribution in [3.63, 3.8) is 0 Å². The molecular weight excluding hydrogens is 425 g/mol. The normalized spacial score (nSPS) is 14.1. The summed E-state index contributed by atoms with van der Waals surface area (Å²) in [4.78, 5) is 17.3. The minimum atomic E-state index is -0.411. The van der Waals surface area contributed by atoms with Gasteiger partial charge in [0.05, 0.1) is 24.7 Å². The monoisotopic (exact) mass is 445 g/mol. The minimum Gasteiger partial charge on any atom is -0.489 e. The van der Waals surface area contributed by atoms with Crippen molar-refractivity contribution in [1.82, 2.24) is 14.9 Å². The standard InChI is InChI=1S/C22H21Cl2N3O3/c1-27-8-7-25-22(27)20(15-3-5-16(23)6-4-15)26-19(28)13-14-11-17(24)21-18(12-14)29-9-2-10-30-21/h3-8,11-12,20H,2,9-10,13H2,1H3,(H,26,28)/t20-/m0/s1. The quantitative estimate of drug-likeness (QED) is 0.634. The zero-order chi connectivity index (χ0) is 21.1. The fraction of sp³-hybridized carbons (Fsp3) is 0.273. The van der Waals surface area contributed by atoms with Gasteiger partial charge in [0.15, 0.2) is 11.5 Å². The lowest BCUT2D eigenvalue weighted by molar-refractivity contribution is -0.121. The number of fused-ring (bicyclic) bond motifs is 1. The summed E-state index contributed by atoms with van der Waals surface area (Å²) >= 11 is 12.4. The Morgan fingerprint density at radius 3 is 2.70 bits per heavy atom. The summed E-state index contributed by atoms with van der Waals surface area (Å²) in [6.07, 6.45) is 4.47. The van der Waals surface area contributed by atoms with Gasteiger partial charge < -0.3 is 19.4 Å². The predicted octanol–water partition coefficient (Wildman–Crippen LogP) is 4.34. The van der Waals surface area contributed by atoms with Gasteiger partial charge in [-0.3, -0.25) is 4.79 Å². The van der Waals surface area contributed by atoms with E-state index in [0.717, 1.165) is 23.4 Å². The van der Waals surface area contributed by atoms with Crippen molar-refractivity contribution in [3.05, 3.63) is 75.8 Å². The molecule has 0 radical (unpaired) electrons. The Balaban J connectivity index is 1.56. The second-order valence-electron chi connectivity index (χ2n) is 7.08. The van der Waals surface area contributed by atoms with Crippen LogP contribution in [-0.4, -0.2) is 28.7 Å². The molecule has 2 aromatic carbocycles. The van der Waals surface area contributed by atoms with Crippen molar-refractivity contribution < 1.29 is 14.3 Å². The van der Waals surface area contributed by atoms with Gasteiger partial charge in [0, 0.05) is 30.9 Å². The highest BCUT2D eigenvalue weighted by atomic mass is 35.5. The van der Waals surface area contributed by atoms with Crippen LogP contribution in [0.2, 0.25) is 10.0 Å². The van der Waals surface area contributed by atoms with E-state index in [1.165, 1.54) is 0 Å². The summed E-state index contributed by atoms with van der Waals surface area (Å²) in [5, 5.41) is 4.15. The summed E-state index contributed by atoms with van der Waals surface area (Å²) in [6.45, 7) is 1.11. The molecule has 1 aromatic heterocycles. The summed E-state index contributed by atoms with van der Waals surface area (Å²) in [5.74, 6) is 1.66. The first-order valence-corrected chi connectivity index (χ1v) is 10.4. The van der Waals surface area contributed by atoms with Crippen LogP contribution in [0, 0.1) is 0 Å². The van der Waals surface area contributed by atoms with Crippen LogP contribution in [0.15, 0.2) is 48.8 Å². The van der Waals surface area contributed by atoms with E-state index < -0.39 is 6.04 Å². The van der Waals surface area contributed by atoms with E-state index in [1.54, 1.807) is 24.4 Å². The molecule has 156 valence electrons. The highest BCUT2D eigenvalue weighted by Crippen LogP contribution is 2.38. The summed E-state index contributed by atoms with van der Waals surface area (Å²) in [7, 11) is 1.89. The number of aryl methyl sites for hydroxylation is 1. The second-order valence-corrected chi connectivity index (χ2v) is 7.92. The fourth-order valence-electron chi connectivity index (χ4n) is 3.39. The van der Waals surface area contributed by atoms with Crippen molar-refractivity contribution in [3.8, 4) is 11.5 Å². The molecule has 0 saturated carbocycles. The molecule has 1 aliphatic rings. The Morgan fingerprint density at radius 1 is 1.20 bits per heavy atom. The first kappa shape index (κ1) is 20.6. The minimum absolute atomic E-state index is 0.144. The van der Waals surface area contributed by atoms with Crippen LogP contribution in [0.1, 0.15) is 29.4 Å². The van der Waals surface area contributed by atoms with E-state index in [9.17, 15) is 4.79 Å². The third-order valence-electron chi connectivity index (χ3n) is 4.85. The molecule has 0 bridgehead atoms. The Morgan fingerprint density at radius 2 is 1.97 bits per heavy atom. The largest absolute Gasteiger partial charge is 0.489 e. The van der Waals surface area contributed by atoms with Crippen LogP contribution in [-0.2, 0) is 18.3 Å². The number of carbonyl (C=O) groups is 1. The number of nitrogens with zero attached hydrogens (tertiary/aromatic N) is 2. The maximum absolute atomic E-state index is 12.9. The van der Waals surface area contributed by atoms with Crippen molar-refractivity contribution >= 4 is 29.1 Å². The zero-order valence-corrected chi connectivity index (χ0v) is 17.9. The molecule has 1 amide bonds. The number of rotatable bonds is 5. The lowest BCUT2D eigenvalue weighted by Crippen LogP contribution is -2.32. The van der Waals surface area contributed by atoms with Gasteiger partial charge in [0.1, 0.15) is 11.9 Å².